The Balaban J connectivity index is 1.55. The maximum Gasteiger partial charge on any atom is 0.326 e. The number of carboxylic acid groups (broad SMARTS) is 1. The van der Waals surface area contributed by atoms with E-state index in [1.807, 2.05) is 54.6 Å². The molecule has 322 valence electrons. The Morgan fingerprint density at radius 2 is 1.43 bits per heavy atom. The van der Waals surface area contributed by atoms with Crippen LogP contribution in [0.2, 0.25) is 0 Å². The molecule has 1 aliphatic rings. The summed E-state index contributed by atoms with van der Waals surface area (Å²) in [7, 11) is 1.45. The van der Waals surface area contributed by atoms with Gasteiger partial charge in [-0.05, 0) is 91.4 Å². The molecule has 15 heteroatoms. The molecule has 15 nitrogen and oxygen atoms in total. The van der Waals surface area contributed by atoms with Gasteiger partial charge in [0.15, 0.2) is 0 Å². The van der Waals surface area contributed by atoms with Crippen LogP contribution in [0.15, 0.2) is 91.0 Å². The third-order valence-electron chi connectivity index (χ3n) is 10.2. The number of ether oxygens (including phenoxy) is 2. The van der Waals surface area contributed by atoms with Crippen LogP contribution in [0.3, 0.4) is 0 Å². The van der Waals surface area contributed by atoms with Crippen LogP contribution in [0.5, 0.6) is 11.5 Å². The molecule has 4 aromatic rings. The lowest BCUT2D eigenvalue weighted by atomic mass is 9.93. The van der Waals surface area contributed by atoms with E-state index in [0.717, 1.165) is 11.1 Å². The second-order valence-electron chi connectivity index (χ2n) is 14.7. The molecule has 0 radical (unpaired) electrons. The molecule has 0 aliphatic carbocycles. The molecule has 5 rings (SSSR count). The molecule has 0 fully saturated rings. The Hall–Kier alpha value is -6.55. The van der Waals surface area contributed by atoms with Gasteiger partial charge < -0.3 is 52.6 Å². The molecule has 61 heavy (non-hydrogen) atoms. The van der Waals surface area contributed by atoms with Gasteiger partial charge in [-0.1, -0.05) is 66.7 Å². The van der Waals surface area contributed by atoms with Crippen LogP contribution in [-0.2, 0) is 25.6 Å². The maximum absolute atomic E-state index is 14.7. The highest BCUT2D eigenvalue weighted by Crippen LogP contribution is 2.40. The van der Waals surface area contributed by atoms with Crippen molar-refractivity contribution in [3.05, 3.63) is 119 Å². The first-order valence-corrected chi connectivity index (χ1v) is 20.3. The number of rotatable bonds is 17. The summed E-state index contributed by atoms with van der Waals surface area (Å²) in [6.07, 6.45) is 5.12. The van der Waals surface area contributed by atoms with Crippen molar-refractivity contribution in [2.45, 2.75) is 56.8 Å². The summed E-state index contributed by atoms with van der Waals surface area (Å²) < 4.78 is 12.1. The fraction of sp³-hybridized carbons (Fsp3) is 0.326. The maximum atomic E-state index is 14.7. The van der Waals surface area contributed by atoms with E-state index in [1.165, 1.54) is 18.9 Å². The van der Waals surface area contributed by atoms with E-state index in [0.29, 0.717) is 58.7 Å². The van der Waals surface area contributed by atoms with E-state index in [2.05, 4.69) is 16.0 Å². The number of hydrogen-bond acceptors (Lipinski definition) is 10. The monoisotopic (exact) mass is 833 g/mol. The summed E-state index contributed by atoms with van der Waals surface area (Å²) in [5.41, 5.74) is 21.5. The van der Waals surface area contributed by atoms with Gasteiger partial charge in [0.2, 0.25) is 17.7 Å². The summed E-state index contributed by atoms with van der Waals surface area (Å²) in [6.45, 7) is 2.51. The highest BCUT2D eigenvalue weighted by atomic mass is 16.5. The van der Waals surface area contributed by atoms with Gasteiger partial charge in [0.25, 0.3) is 5.91 Å². The first-order chi connectivity index (χ1) is 29.4. The number of fused-ring (bicyclic) bond motifs is 5. The zero-order chi connectivity index (χ0) is 43.9. The van der Waals surface area contributed by atoms with E-state index in [4.69, 9.17) is 26.7 Å². The van der Waals surface area contributed by atoms with Gasteiger partial charge in [-0.2, -0.15) is 0 Å². The van der Waals surface area contributed by atoms with Gasteiger partial charge >= 0.3 is 5.97 Å². The van der Waals surface area contributed by atoms with Gasteiger partial charge in [-0.3, -0.25) is 19.2 Å². The van der Waals surface area contributed by atoms with Crippen molar-refractivity contribution in [1.29, 1.82) is 0 Å². The number of carbonyl (C=O) groups is 5. The molecule has 1 heterocycles. The summed E-state index contributed by atoms with van der Waals surface area (Å²) in [4.78, 5) is 69.9. The highest BCUT2D eigenvalue weighted by Gasteiger charge is 2.36. The van der Waals surface area contributed by atoms with Crippen LogP contribution < -0.4 is 42.6 Å². The molecule has 4 amide bonds. The third kappa shape index (κ3) is 12.3. The zero-order valence-corrected chi connectivity index (χ0v) is 34.5. The van der Waals surface area contributed by atoms with E-state index in [1.54, 1.807) is 48.5 Å². The van der Waals surface area contributed by atoms with Crippen LogP contribution in [0.25, 0.3) is 23.3 Å². The van der Waals surface area contributed by atoms with Gasteiger partial charge in [-0.25, -0.2) is 4.79 Å². The van der Waals surface area contributed by atoms with Crippen molar-refractivity contribution in [3.63, 3.8) is 0 Å². The fourth-order valence-electron chi connectivity index (χ4n) is 6.94. The number of nitrogens with two attached hydrogens (primary N) is 3. The highest BCUT2D eigenvalue weighted by molar-refractivity contribution is 5.99. The lowest BCUT2D eigenvalue weighted by Crippen LogP contribution is -2.54. The quantitative estimate of drug-likeness (QED) is 0.0602. The minimum absolute atomic E-state index is 0.0861. The topological polar surface area (TPSA) is 241 Å². The summed E-state index contributed by atoms with van der Waals surface area (Å²) in [6, 6.07) is 21.9. The molecule has 1 aliphatic heterocycles. The van der Waals surface area contributed by atoms with Gasteiger partial charge in [0, 0.05) is 43.2 Å². The van der Waals surface area contributed by atoms with Crippen molar-refractivity contribution >= 4 is 41.8 Å². The van der Waals surface area contributed by atoms with E-state index >= 15 is 0 Å². The Morgan fingerprint density at radius 3 is 2.05 bits per heavy atom. The number of nitrogens with zero attached hydrogens (tertiary/aromatic N) is 1. The predicted octanol–water partition coefficient (Wildman–Crippen LogP) is 3.26. The molecule has 4 atom stereocenters. The number of benzene rings is 4. The number of carboxylic acids is 1. The largest absolute Gasteiger partial charge is 0.492 e. The summed E-state index contributed by atoms with van der Waals surface area (Å²) >= 11 is 0. The van der Waals surface area contributed by atoms with Crippen LogP contribution in [0, 0.1) is 0 Å². The van der Waals surface area contributed by atoms with Crippen molar-refractivity contribution < 1.29 is 38.6 Å². The molecule has 0 aromatic heterocycles. The third-order valence-corrected chi connectivity index (χ3v) is 10.2. The molecular weight excluding hydrogens is 779 g/mol. The van der Waals surface area contributed by atoms with Crippen LogP contribution in [-0.4, -0.2) is 97.6 Å². The molecule has 4 bridgehead atoms. The molecule has 4 aromatic carbocycles. The average Bonchev–Trinajstić information content (AvgIpc) is 3.26. The van der Waals surface area contributed by atoms with Crippen molar-refractivity contribution in [1.82, 2.24) is 20.9 Å². The molecular formula is C46H55N7O8. The Labute approximate surface area is 355 Å². The minimum atomic E-state index is -1.36. The SMILES string of the molecule is C[C@@H]1NC(=O)[C@@H](N(C)C(=O)[C@H](CCCCN)NC(=O)c2ccc(/C=C/c3ccccc3)cc2)c2ccc(OCCN)c(c2)-c2cc(ccc2OCCN)C[C@@H](C(=O)O)NC1=O. The zero-order valence-electron chi connectivity index (χ0n) is 34.5. The smallest absolute Gasteiger partial charge is 0.326 e. The second-order valence-corrected chi connectivity index (χ2v) is 14.7. The van der Waals surface area contributed by atoms with Crippen molar-refractivity contribution in [2.75, 3.05) is 39.9 Å². The number of unbranched alkanes of at least 4 members (excludes halogenated alkanes) is 1. The van der Waals surface area contributed by atoms with Gasteiger partial charge in [0.05, 0.1) is 0 Å². The normalized spacial score (nSPS) is 17.0. The number of amides is 4. The van der Waals surface area contributed by atoms with Crippen molar-refractivity contribution in [3.8, 4) is 22.6 Å². The van der Waals surface area contributed by atoms with E-state index < -0.39 is 53.8 Å². The van der Waals surface area contributed by atoms with Gasteiger partial charge in [0.1, 0.15) is 48.9 Å². The van der Waals surface area contributed by atoms with Crippen LogP contribution in [0.1, 0.15) is 64.8 Å². The van der Waals surface area contributed by atoms with Gasteiger partial charge in [-0.15, -0.1) is 0 Å². The van der Waals surface area contributed by atoms with E-state index in [-0.39, 0.29) is 39.1 Å². The molecule has 0 unspecified atom stereocenters. The first kappa shape index (κ1) is 45.5. The number of aliphatic carboxylic acids is 1. The average molecular weight is 834 g/mol. The van der Waals surface area contributed by atoms with Crippen molar-refractivity contribution in [2.24, 2.45) is 17.2 Å². The Bertz CT molecular complexity index is 2180. The predicted molar refractivity (Wildman–Crippen MR) is 233 cm³/mol. The summed E-state index contributed by atoms with van der Waals surface area (Å²) in [5.74, 6) is -3.03. The molecule has 10 N–H and O–H groups in total. The minimum Gasteiger partial charge on any atom is -0.492 e. The first-order valence-electron chi connectivity index (χ1n) is 20.3. The summed E-state index contributed by atoms with van der Waals surface area (Å²) in [5, 5.41) is 18.2. The van der Waals surface area contributed by atoms with E-state index in [9.17, 15) is 29.1 Å². The molecule has 0 saturated carbocycles. The number of hydrogen-bond donors (Lipinski definition) is 7. The number of likely N-dealkylation sites (N-methyl/N-ethyl adjacent to an activating group) is 1. The standard InChI is InChI=1S/C46H55N7O8/c1-29-42(54)52-38(46(58)59)27-32-15-19-39(60-24-22-48)35(26-32)36-28-34(18-20-40(36)61-25-23-49)41(44(56)50-29)53(2)45(57)37(10-6-7-21-47)51-43(55)33-16-13-31(14-17-33)12-11-30-8-4-3-5-9-30/h3-5,8-9,11-20,26,28-29,37-38,41H,6-7,10,21-25,27,47-49H2,1-2H3,(H,50,56)(H,51,55)(H,52,54)(H,58,59)/b12-11+/t29-,37-,38-,41-/m0/s1. The molecule has 0 saturated heterocycles. The fourth-order valence-corrected chi connectivity index (χ4v) is 6.94. The molecule has 0 spiro atoms. The van der Waals surface area contributed by atoms with Crippen LogP contribution in [0.4, 0.5) is 0 Å². The lowest BCUT2D eigenvalue weighted by molar-refractivity contribution is -0.143. The van der Waals surface area contributed by atoms with Crippen LogP contribution >= 0.6 is 0 Å². The number of carbonyl (C=O) groups excluding carboxylic acids is 4. The lowest BCUT2D eigenvalue weighted by Gasteiger charge is -2.32. The second kappa shape index (κ2) is 22.2. The Morgan fingerprint density at radius 1 is 0.803 bits per heavy atom. The Kier molecular flexibility index (Phi) is 16.5. The number of nitrogens with one attached hydrogen (secondary N) is 3.